The monoisotopic (exact) mass is 416 g/mol. The molecule has 2 unspecified atom stereocenters. The standard InChI is InChI=1S/C21H25N2O5P/c1-4-15(2)28-29(24,25)14-17-19(27-13-16-8-6-5-7-9-16)12-22-18-10-11-20(26-3)23-21(17)18/h5-12,15H,4,13-14H2,1-3H3,(H,24,25). The van der Waals surface area contributed by atoms with Gasteiger partial charge in [-0.1, -0.05) is 37.3 Å². The Morgan fingerprint density at radius 1 is 1.17 bits per heavy atom. The number of benzene rings is 1. The Morgan fingerprint density at radius 2 is 1.93 bits per heavy atom. The molecule has 0 aliphatic rings. The molecule has 0 aliphatic heterocycles. The van der Waals surface area contributed by atoms with E-state index in [2.05, 4.69) is 9.97 Å². The normalized spacial score (nSPS) is 14.3. The fraction of sp³-hybridized carbons (Fsp3) is 0.333. The van der Waals surface area contributed by atoms with Gasteiger partial charge in [0.2, 0.25) is 5.88 Å². The van der Waals surface area contributed by atoms with E-state index in [0.29, 0.717) is 41.3 Å². The molecule has 2 atom stereocenters. The molecule has 0 radical (unpaired) electrons. The smallest absolute Gasteiger partial charge is 0.332 e. The maximum Gasteiger partial charge on any atom is 0.332 e. The van der Waals surface area contributed by atoms with Crippen LogP contribution in [-0.4, -0.2) is 28.1 Å². The molecule has 0 aliphatic carbocycles. The number of nitrogens with zero attached hydrogens (tertiary/aromatic N) is 2. The highest BCUT2D eigenvalue weighted by Gasteiger charge is 2.27. The van der Waals surface area contributed by atoms with Crippen LogP contribution in [0.3, 0.4) is 0 Å². The van der Waals surface area contributed by atoms with Crippen molar-refractivity contribution < 1.29 is 23.5 Å². The third-order valence-electron chi connectivity index (χ3n) is 4.48. The average molecular weight is 416 g/mol. The first-order valence-corrected chi connectivity index (χ1v) is 11.2. The summed E-state index contributed by atoms with van der Waals surface area (Å²) in [6, 6.07) is 13.1. The molecule has 29 heavy (non-hydrogen) atoms. The van der Waals surface area contributed by atoms with E-state index < -0.39 is 7.60 Å². The van der Waals surface area contributed by atoms with Crippen molar-refractivity contribution in [1.29, 1.82) is 0 Å². The van der Waals surface area contributed by atoms with Crippen LogP contribution < -0.4 is 9.47 Å². The number of fused-ring (bicyclic) bond motifs is 1. The Labute approximate surface area is 170 Å². The summed E-state index contributed by atoms with van der Waals surface area (Å²) in [6.45, 7) is 3.96. The topological polar surface area (TPSA) is 90.8 Å². The zero-order chi connectivity index (χ0) is 20.9. The van der Waals surface area contributed by atoms with Crippen molar-refractivity contribution in [2.24, 2.45) is 0 Å². The number of aromatic nitrogens is 2. The minimum absolute atomic E-state index is 0.235. The van der Waals surface area contributed by atoms with Gasteiger partial charge in [-0.2, -0.15) is 0 Å². The highest BCUT2D eigenvalue weighted by molar-refractivity contribution is 7.52. The number of rotatable bonds is 9. The van der Waals surface area contributed by atoms with Gasteiger partial charge < -0.3 is 18.9 Å². The summed E-state index contributed by atoms with van der Waals surface area (Å²) < 4.78 is 29.3. The molecule has 0 saturated carbocycles. The Kier molecular flexibility index (Phi) is 6.85. The minimum atomic E-state index is -3.93. The van der Waals surface area contributed by atoms with Crippen molar-refractivity contribution in [1.82, 2.24) is 9.97 Å². The first kappa shape index (κ1) is 21.2. The van der Waals surface area contributed by atoms with Crippen molar-refractivity contribution >= 4 is 18.6 Å². The van der Waals surface area contributed by atoms with Crippen molar-refractivity contribution in [3.63, 3.8) is 0 Å². The minimum Gasteiger partial charge on any atom is -0.487 e. The van der Waals surface area contributed by atoms with Gasteiger partial charge in [-0.3, -0.25) is 9.55 Å². The molecule has 3 aromatic rings. The Hall–Kier alpha value is -2.47. The summed E-state index contributed by atoms with van der Waals surface area (Å²) in [5.74, 6) is 0.778. The number of ether oxygens (including phenoxy) is 2. The van der Waals surface area contributed by atoms with Gasteiger partial charge in [0.15, 0.2) is 0 Å². The van der Waals surface area contributed by atoms with E-state index >= 15 is 0 Å². The molecule has 154 valence electrons. The predicted molar refractivity (Wildman–Crippen MR) is 111 cm³/mol. The van der Waals surface area contributed by atoms with Gasteiger partial charge >= 0.3 is 7.60 Å². The third kappa shape index (κ3) is 5.54. The lowest BCUT2D eigenvalue weighted by Gasteiger charge is -2.19. The molecule has 7 nitrogen and oxygen atoms in total. The largest absolute Gasteiger partial charge is 0.487 e. The summed E-state index contributed by atoms with van der Waals surface area (Å²) in [7, 11) is -2.41. The van der Waals surface area contributed by atoms with E-state index in [0.717, 1.165) is 5.56 Å². The van der Waals surface area contributed by atoms with Gasteiger partial charge in [-0.25, -0.2) is 4.98 Å². The molecule has 8 heteroatoms. The summed E-state index contributed by atoms with van der Waals surface area (Å²) in [6.07, 6.45) is 1.61. The van der Waals surface area contributed by atoms with E-state index in [1.54, 1.807) is 25.3 Å². The lowest BCUT2D eigenvalue weighted by molar-refractivity contribution is 0.184. The van der Waals surface area contributed by atoms with Crippen LogP contribution >= 0.6 is 7.60 Å². The second-order valence-corrected chi connectivity index (χ2v) is 8.52. The molecule has 1 aromatic carbocycles. The van der Waals surface area contributed by atoms with E-state index in [4.69, 9.17) is 14.0 Å². The lowest BCUT2D eigenvalue weighted by atomic mass is 10.2. The fourth-order valence-electron chi connectivity index (χ4n) is 2.80. The van der Waals surface area contributed by atoms with E-state index in [-0.39, 0.29) is 12.3 Å². The Morgan fingerprint density at radius 3 is 2.62 bits per heavy atom. The van der Waals surface area contributed by atoms with E-state index in [9.17, 15) is 9.46 Å². The van der Waals surface area contributed by atoms with Crippen LogP contribution in [0.2, 0.25) is 0 Å². The van der Waals surface area contributed by atoms with Crippen LogP contribution in [0.5, 0.6) is 11.6 Å². The summed E-state index contributed by atoms with van der Waals surface area (Å²) >= 11 is 0. The van der Waals surface area contributed by atoms with Gasteiger partial charge in [0.05, 0.1) is 31.1 Å². The Balaban J connectivity index is 2.00. The van der Waals surface area contributed by atoms with Crippen molar-refractivity contribution in [2.45, 2.75) is 39.1 Å². The first-order valence-electron chi connectivity index (χ1n) is 9.41. The maximum atomic E-state index is 12.8. The van der Waals surface area contributed by atoms with Crippen molar-refractivity contribution in [3.8, 4) is 11.6 Å². The van der Waals surface area contributed by atoms with Gasteiger partial charge in [-0.15, -0.1) is 0 Å². The molecular weight excluding hydrogens is 391 g/mol. The Bertz CT molecular complexity index is 1010. The van der Waals surface area contributed by atoms with E-state index in [1.165, 1.54) is 7.11 Å². The number of hydrogen-bond donors (Lipinski definition) is 1. The molecule has 0 amide bonds. The summed E-state index contributed by atoms with van der Waals surface area (Å²) in [5, 5.41) is 0. The molecule has 0 fully saturated rings. The van der Waals surface area contributed by atoms with Gasteiger partial charge in [-0.05, 0) is 25.0 Å². The van der Waals surface area contributed by atoms with Gasteiger partial charge in [0.1, 0.15) is 17.9 Å². The van der Waals surface area contributed by atoms with Crippen LogP contribution in [0.15, 0.2) is 48.7 Å². The van der Waals surface area contributed by atoms with Crippen molar-refractivity contribution in [3.05, 3.63) is 59.8 Å². The number of hydrogen-bond acceptors (Lipinski definition) is 6. The zero-order valence-corrected chi connectivity index (χ0v) is 17.6. The van der Waals surface area contributed by atoms with E-state index in [1.807, 2.05) is 37.3 Å². The molecule has 3 rings (SSSR count). The fourth-order valence-corrected chi connectivity index (χ4v) is 4.29. The summed E-state index contributed by atoms with van der Waals surface area (Å²) in [5.41, 5.74) is 2.48. The third-order valence-corrected chi connectivity index (χ3v) is 5.88. The number of pyridine rings is 2. The lowest BCUT2D eigenvalue weighted by Crippen LogP contribution is -2.07. The zero-order valence-electron chi connectivity index (χ0n) is 16.7. The van der Waals surface area contributed by atoms with Gasteiger partial charge in [0.25, 0.3) is 0 Å². The average Bonchev–Trinajstić information content (AvgIpc) is 2.73. The number of methoxy groups -OCH3 is 1. The molecule has 0 bridgehead atoms. The van der Waals surface area contributed by atoms with Crippen LogP contribution in [0.25, 0.3) is 11.0 Å². The van der Waals surface area contributed by atoms with Crippen molar-refractivity contribution in [2.75, 3.05) is 7.11 Å². The second kappa shape index (κ2) is 9.35. The SMILES string of the molecule is CCC(C)OP(=O)(O)Cc1c(OCc2ccccc2)cnc2ccc(OC)nc12. The van der Waals surface area contributed by atoms with Crippen LogP contribution in [-0.2, 0) is 21.9 Å². The molecule has 2 heterocycles. The highest BCUT2D eigenvalue weighted by atomic mass is 31.2. The molecule has 0 spiro atoms. The molecule has 1 N–H and O–H groups in total. The molecule has 0 saturated heterocycles. The van der Waals surface area contributed by atoms with Crippen LogP contribution in [0, 0.1) is 0 Å². The quantitative estimate of drug-likeness (QED) is 0.505. The van der Waals surface area contributed by atoms with Crippen LogP contribution in [0.4, 0.5) is 0 Å². The molecule has 2 aromatic heterocycles. The first-order chi connectivity index (χ1) is 13.9. The van der Waals surface area contributed by atoms with Gasteiger partial charge in [0, 0.05) is 11.6 Å². The maximum absolute atomic E-state index is 12.8. The highest BCUT2D eigenvalue weighted by Crippen LogP contribution is 2.49. The second-order valence-electron chi connectivity index (χ2n) is 6.72. The molecular formula is C21H25N2O5P. The summed E-state index contributed by atoms with van der Waals surface area (Å²) in [4.78, 5) is 19.3. The predicted octanol–water partition coefficient (Wildman–Crippen LogP) is 4.72. The van der Waals surface area contributed by atoms with Crippen LogP contribution in [0.1, 0.15) is 31.4 Å².